The molecular weight excluding hydrogens is 314 g/mol. The van der Waals surface area contributed by atoms with Gasteiger partial charge < -0.3 is 0 Å². The zero-order chi connectivity index (χ0) is 16.9. The van der Waals surface area contributed by atoms with Crippen molar-refractivity contribution in [3.8, 4) is 0 Å². The van der Waals surface area contributed by atoms with Crippen molar-refractivity contribution in [3.05, 3.63) is 0 Å². The summed E-state index contributed by atoms with van der Waals surface area (Å²) in [5, 5.41) is 0. The van der Waals surface area contributed by atoms with Crippen molar-refractivity contribution in [1.82, 2.24) is 0 Å². The molecule has 1 aliphatic carbocycles. The highest BCUT2D eigenvalue weighted by molar-refractivity contribution is 7.85. The second kappa shape index (κ2) is 7.88. The Morgan fingerprint density at radius 3 is 2.43 bits per heavy atom. The molecule has 2 rings (SSSR count). The second-order valence-corrected chi connectivity index (χ2v) is 9.05. The van der Waals surface area contributed by atoms with Crippen LogP contribution in [0.15, 0.2) is 4.99 Å². The summed E-state index contributed by atoms with van der Waals surface area (Å²) in [4.78, 5) is 4.65. The standard InChI is InChI=1S/C16H30N3O3S/c1-19(2,12-6-7-13-23(20,21)22)16-10-11-18(16)14-17-15-8-4-3-5-9-15/h15-16H,3-13H2,1-2H3/q+1/p+1. The van der Waals surface area contributed by atoms with Gasteiger partial charge in [0.25, 0.3) is 10.1 Å². The molecule has 2 aliphatic rings. The largest absolute Gasteiger partial charge is 0.311 e. The molecule has 0 amide bonds. The first kappa shape index (κ1) is 18.6. The zero-order valence-electron chi connectivity index (χ0n) is 14.4. The maximum Gasteiger partial charge on any atom is 0.311 e. The maximum absolute atomic E-state index is 10.8. The van der Waals surface area contributed by atoms with Crippen LogP contribution >= 0.6 is 0 Å². The Labute approximate surface area is 140 Å². The van der Waals surface area contributed by atoms with Gasteiger partial charge in [-0.05, 0) is 43.5 Å². The number of hydrogen-bond acceptors (Lipinski definition) is 3. The minimum absolute atomic E-state index is 0.142. The first-order valence-electron chi connectivity index (χ1n) is 8.78. The van der Waals surface area contributed by atoms with E-state index in [1.54, 1.807) is 0 Å². The molecule has 0 radical (unpaired) electrons. The topological polar surface area (TPSA) is 69.7 Å². The van der Waals surface area contributed by atoms with Crippen molar-refractivity contribution in [3.63, 3.8) is 0 Å². The smallest absolute Gasteiger partial charge is 0.290 e. The van der Waals surface area contributed by atoms with E-state index < -0.39 is 10.1 Å². The van der Waals surface area contributed by atoms with Crippen molar-refractivity contribution >= 4 is 16.1 Å². The third kappa shape index (κ3) is 5.99. The molecule has 1 saturated carbocycles. The van der Waals surface area contributed by atoms with Crippen LogP contribution < -0.4 is 0 Å². The molecule has 1 aliphatic heterocycles. The molecule has 0 aromatic heterocycles. The third-order valence-electron chi connectivity index (χ3n) is 5.12. The van der Waals surface area contributed by atoms with Gasteiger partial charge in [0.2, 0.25) is 6.17 Å². The van der Waals surface area contributed by atoms with Crippen molar-refractivity contribution in [1.29, 1.82) is 0 Å². The van der Waals surface area contributed by atoms with Gasteiger partial charge >= 0.3 is 6.01 Å². The molecule has 7 heteroatoms. The minimum Gasteiger partial charge on any atom is -0.290 e. The van der Waals surface area contributed by atoms with Crippen LogP contribution in [-0.2, 0) is 10.1 Å². The van der Waals surface area contributed by atoms with E-state index in [0.29, 0.717) is 18.6 Å². The molecule has 0 aromatic carbocycles. The fourth-order valence-electron chi connectivity index (χ4n) is 3.54. The highest BCUT2D eigenvalue weighted by Gasteiger charge is 2.41. The van der Waals surface area contributed by atoms with Crippen LogP contribution in [0.1, 0.15) is 51.4 Å². The summed E-state index contributed by atoms with van der Waals surface area (Å²) >= 11 is 0. The van der Waals surface area contributed by atoms with Gasteiger partial charge in [-0.1, -0.05) is 6.42 Å². The van der Waals surface area contributed by atoms with Gasteiger partial charge in [0.15, 0.2) is 6.04 Å². The van der Waals surface area contributed by atoms with Gasteiger partial charge in [-0.15, -0.1) is 0 Å². The first-order chi connectivity index (χ1) is 10.8. The lowest BCUT2D eigenvalue weighted by Gasteiger charge is -2.40. The summed E-state index contributed by atoms with van der Waals surface area (Å²) in [7, 11) is 0.516. The summed E-state index contributed by atoms with van der Waals surface area (Å²) in [5.41, 5.74) is 0. The van der Waals surface area contributed by atoms with Crippen LogP contribution in [0.4, 0.5) is 0 Å². The monoisotopic (exact) mass is 345 g/mol. The molecule has 1 heterocycles. The number of unbranched alkanes of at least 4 members (excludes halogenated alkanes) is 1. The molecule has 0 spiro atoms. The van der Waals surface area contributed by atoms with E-state index >= 15 is 0 Å². The quantitative estimate of drug-likeness (QED) is 0.252. The molecule has 0 bridgehead atoms. The van der Waals surface area contributed by atoms with E-state index in [0.717, 1.165) is 30.4 Å². The van der Waals surface area contributed by atoms with Crippen LogP contribution in [0.25, 0.3) is 0 Å². The lowest BCUT2D eigenvalue weighted by Crippen LogP contribution is -2.61. The van der Waals surface area contributed by atoms with Gasteiger partial charge in [-0.25, -0.2) is 0 Å². The zero-order valence-corrected chi connectivity index (χ0v) is 15.3. The Hall–Kier alpha value is -0.750. The van der Waals surface area contributed by atoms with Crippen LogP contribution in [-0.4, -0.2) is 73.2 Å². The molecule has 132 valence electrons. The number of hydrogen-bond donors (Lipinski definition) is 1. The molecule has 6 nitrogen and oxygen atoms in total. The van der Waals surface area contributed by atoms with E-state index in [1.165, 1.54) is 32.1 Å². The van der Waals surface area contributed by atoms with Gasteiger partial charge in [-0.2, -0.15) is 13.0 Å². The van der Waals surface area contributed by atoms with E-state index in [4.69, 9.17) is 4.55 Å². The van der Waals surface area contributed by atoms with Crippen molar-refractivity contribution in [2.24, 2.45) is 4.99 Å². The molecule has 0 aromatic rings. The Morgan fingerprint density at radius 2 is 1.87 bits per heavy atom. The predicted molar refractivity (Wildman–Crippen MR) is 90.5 cm³/mol. The molecule has 2 fully saturated rings. The van der Waals surface area contributed by atoms with Crippen LogP contribution in [0.2, 0.25) is 0 Å². The van der Waals surface area contributed by atoms with Gasteiger partial charge in [0, 0.05) is 0 Å². The third-order valence-corrected chi connectivity index (χ3v) is 5.93. The fraction of sp³-hybridized carbons (Fsp3) is 0.938. The molecule has 1 N–H and O–H groups in total. The van der Waals surface area contributed by atoms with Gasteiger partial charge in [-0.3, -0.25) is 9.04 Å². The normalized spacial score (nSPS) is 23.3. The number of rotatable bonds is 7. The highest BCUT2D eigenvalue weighted by Crippen LogP contribution is 2.22. The lowest BCUT2D eigenvalue weighted by atomic mass is 9.96. The Kier molecular flexibility index (Phi) is 6.37. The average molecular weight is 346 g/mol. The van der Waals surface area contributed by atoms with Crippen LogP contribution in [0.3, 0.4) is 0 Å². The first-order valence-corrected chi connectivity index (χ1v) is 10.4. The summed E-state index contributed by atoms with van der Waals surface area (Å²) in [5.74, 6) is -0.142. The Morgan fingerprint density at radius 1 is 1.17 bits per heavy atom. The second-order valence-electron chi connectivity index (χ2n) is 7.48. The summed E-state index contributed by atoms with van der Waals surface area (Å²) in [6.45, 7) is 1.90. The Bertz CT molecular complexity index is 559. The van der Waals surface area contributed by atoms with E-state index in [2.05, 4.69) is 29.7 Å². The number of quaternary nitrogens is 1. The van der Waals surface area contributed by atoms with Crippen LogP contribution in [0, 0.1) is 0 Å². The van der Waals surface area contributed by atoms with E-state index in [9.17, 15) is 8.42 Å². The van der Waals surface area contributed by atoms with E-state index in [-0.39, 0.29) is 5.75 Å². The van der Waals surface area contributed by atoms with E-state index in [1.807, 2.05) is 0 Å². The van der Waals surface area contributed by atoms with Gasteiger partial charge in [0.05, 0.1) is 32.8 Å². The summed E-state index contributed by atoms with van der Waals surface area (Å²) in [6.07, 6.45) is 9.10. The number of aliphatic imine (C=N–C) groups is 1. The summed E-state index contributed by atoms with van der Waals surface area (Å²) < 4.78 is 33.3. The molecule has 1 unspecified atom stereocenters. The van der Waals surface area contributed by atoms with Crippen molar-refractivity contribution in [2.45, 2.75) is 63.6 Å². The average Bonchev–Trinajstić information content (AvgIpc) is 2.42. The minimum atomic E-state index is -3.83. The van der Waals surface area contributed by atoms with Crippen molar-refractivity contribution in [2.75, 3.05) is 32.9 Å². The highest BCUT2D eigenvalue weighted by atomic mass is 32.2. The van der Waals surface area contributed by atoms with Crippen molar-refractivity contribution < 1.29 is 22.0 Å². The summed E-state index contributed by atoms with van der Waals surface area (Å²) in [6, 6.07) is 3.72. The SMILES string of the molecule is C[N+](C)(CCCCS(=O)(=O)O)C1CC[N+]1=C=NC1CCCCC1. The molecule has 1 atom stereocenters. The maximum atomic E-state index is 10.8. The lowest BCUT2D eigenvalue weighted by molar-refractivity contribution is -1.02. The molecule has 1 saturated heterocycles. The van der Waals surface area contributed by atoms with Gasteiger partial charge in [0.1, 0.15) is 6.54 Å². The number of nitrogens with zero attached hydrogens (tertiary/aromatic N) is 3. The Balaban J connectivity index is 1.85. The van der Waals surface area contributed by atoms with Crippen LogP contribution in [0.5, 0.6) is 0 Å². The fourth-order valence-corrected chi connectivity index (χ4v) is 4.10. The molecule has 23 heavy (non-hydrogen) atoms. The predicted octanol–water partition coefficient (Wildman–Crippen LogP) is 1.98. The molecular formula is C16H31N3O3S+2.